The fourth-order valence-corrected chi connectivity index (χ4v) is 2.06. The number of nitrogens with one attached hydrogen (secondary N) is 1. The van der Waals surface area contributed by atoms with E-state index < -0.39 is 10.2 Å². The van der Waals surface area contributed by atoms with Crippen LogP contribution in [-0.2, 0) is 10.2 Å². The Morgan fingerprint density at radius 2 is 2.07 bits per heavy atom. The lowest BCUT2D eigenvalue weighted by Crippen LogP contribution is -2.41. The maximum absolute atomic E-state index is 11.4. The highest BCUT2D eigenvalue weighted by Gasteiger charge is 2.27. The van der Waals surface area contributed by atoms with Gasteiger partial charge in [-0.05, 0) is 18.8 Å². The van der Waals surface area contributed by atoms with Gasteiger partial charge in [0, 0.05) is 26.7 Å². The van der Waals surface area contributed by atoms with Crippen molar-refractivity contribution in [1.82, 2.24) is 9.03 Å². The zero-order valence-corrected chi connectivity index (χ0v) is 9.90. The van der Waals surface area contributed by atoms with Crippen LogP contribution in [0.1, 0.15) is 12.8 Å². The summed E-state index contributed by atoms with van der Waals surface area (Å²) in [5, 5.41) is 0. The van der Waals surface area contributed by atoms with E-state index in [1.807, 2.05) is 0 Å². The topological polar surface area (TPSA) is 75.4 Å². The van der Waals surface area contributed by atoms with Crippen molar-refractivity contribution in [3.05, 3.63) is 0 Å². The minimum absolute atomic E-state index is 0. The molecule has 1 saturated carbocycles. The van der Waals surface area contributed by atoms with Gasteiger partial charge in [-0.2, -0.15) is 12.7 Å². The SMILES string of the molecule is CN(CC1CC1)S(=O)(=O)NCCN.Cl. The van der Waals surface area contributed by atoms with Crippen molar-refractivity contribution in [1.29, 1.82) is 0 Å². The van der Waals surface area contributed by atoms with E-state index in [0.29, 0.717) is 25.6 Å². The summed E-state index contributed by atoms with van der Waals surface area (Å²) in [6.07, 6.45) is 2.30. The van der Waals surface area contributed by atoms with Gasteiger partial charge in [-0.3, -0.25) is 0 Å². The highest BCUT2D eigenvalue weighted by atomic mass is 35.5. The van der Waals surface area contributed by atoms with Gasteiger partial charge in [-0.25, -0.2) is 4.72 Å². The van der Waals surface area contributed by atoms with Crippen molar-refractivity contribution >= 4 is 22.6 Å². The van der Waals surface area contributed by atoms with E-state index in [9.17, 15) is 8.42 Å². The second-order valence-corrected chi connectivity index (χ2v) is 5.27. The second kappa shape index (κ2) is 5.87. The minimum Gasteiger partial charge on any atom is -0.329 e. The lowest BCUT2D eigenvalue weighted by Gasteiger charge is -2.16. The summed E-state index contributed by atoms with van der Waals surface area (Å²) < 4.78 is 26.6. The highest BCUT2D eigenvalue weighted by molar-refractivity contribution is 7.87. The van der Waals surface area contributed by atoms with Gasteiger partial charge >= 0.3 is 0 Å². The molecule has 86 valence electrons. The largest absolute Gasteiger partial charge is 0.329 e. The van der Waals surface area contributed by atoms with Crippen molar-refractivity contribution in [3.8, 4) is 0 Å². The zero-order chi connectivity index (χ0) is 9.90. The molecular formula is C7H18ClN3O2S. The van der Waals surface area contributed by atoms with Gasteiger partial charge in [0.15, 0.2) is 0 Å². The van der Waals surface area contributed by atoms with Gasteiger partial charge in [-0.1, -0.05) is 0 Å². The molecule has 0 aromatic heterocycles. The van der Waals surface area contributed by atoms with Gasteiger partial charge in [0.05, 0.1) is 0 Å². The molecule has 1 aliphatic rings. The van der Waals surface area contributed by atoms with Crippen molar-refractivity contribution in [2.45, 2.75) is 12.8 Å². The summed E-state index contributed by atoms with van der Waals surface area (Å²) in [5.41, 5.74) is 5.20. The third-order valence-electron chi connectivity index (χ3n) is 2.05. The van der Waals surface area contributed by atoms with Crippen LogP contribution in [0.15, 0.2) is 0 Å². The molecule has 14 heavy (non-hydrogen) atoms. The van der Waals surface area contributed by atoms with Gasteiger partial charge in [0.2, 0.25) is 0 Å². The molecule has 0 aliphatic heterocycles. The molecule has 1 rings (SSSR count). The molecule has 1 fully saturated rings. The highest BCUT2D eigenvalue weighted by Crippen LogP contribution is 2.29. The predicted molar refractivity (Wildman–Crippen MR) is 58.6 cm³/mol. The Hall–Kier alpha value is 0.120. The first-order valence-electron chi connectivity index (χ1n) is 4.47. The normalized spacial score (nSPS) is 16.8. The maximum Gasteiger partial charge on any atom is 0.279 e. The third kappa shape index (κ3) is 4.56. The van der Waals surface area contributed by atoms with Crippen LogP contribution in [-0.4, -0.2) is 39.4 Å². The Kier molecular flexibility index (Phi) is 5.92. The van der Waals surface area contributed by atoms with Crippen LogP contribution >= 0.6 is 12.4 Å². The Morgan fingerprint density at radius 1 is 1.50 bits per heavy atom. The quantitative estimate of drug-likeness (QED) is 0.663. The number of halogens is 1. The smallest absolute Gasteiger partial charge is 0.279 e. The average molecular weight is 244 g/mol. The van der Waals surface area contributed by atoms with Crippen molar-refractivity contribution in [3.63, 3.8) is 0 Å². The summed E-state index contributed by atoms with van der Waals surface area (Å²) in [7, 11) is -1.68. The maximum atomic E-state index is 11.4. The van der Waals surface area contributed by atoms with Crippen LogP contribution in [0.4, 0.5) is 0 Å². The summed E-state index contributed by atoms with van der Waals surface area (Å²) in [6, 6.07) is 0. The molecule has 0 aromatic carbocycles. The molecule has 0 aromatic rings. The van der Waals surface area contributed by atoms with Gasteiger partial charge in [0.1, 0.15) is 0 Å². The first-order chi connectivity index (χ1) is 6.06. The van der Waals surface area contributed by atoms with E-state index in [1.54, 1.807) is 7.05 Å². The van der Waals surface area contributed by atoms with Crippen molar-refractivity contribution in [2.24, 2.45) is 11.7 Å². The molecule has 0 saturated heterocycles. The Morgan fingerprint density at radius 3 is 2.50 bits per heavy atom. The fraction of sp³-hybridized carbons (Fsp3) is 1.00. The van der Waals surface area contributed by atoms with E-state index >= 15 is 0 Å². The molecule has 7 heteroatoms. The zero-order valence-electron chi connectivity index (χ0n) is 8.27. The van der Waals surface area contributed by atoms with Crippen LogP contribution < -0.4 is 10.5 Å². The number of rotatable bonds is 6. The number of nitrogens with zero attached hydrogens (tertiary/aromatic N) is 1. The summed E-state index contributed by atoms with van der Waals surface area (Å²) in [4.78, 5) is 0. The summed E-state index contributed by atoms with van der Waals surface area (Å²) in [6.45, 7) is 1.26. The van der Waals surface area contributed by atoms with E-state index in [4.69, 9.17) is 5.73 Å². The molecule has 5 nitrogen and oxygen atoms in total. The molecule has 0 heterocycles. The third-order valence-corrected chi connectivity index (χ3v) is 3.59. The number of hydrogen-bond donors (Lipinski definition) is 2. The Balaban J connectivity index is 0.00000169. The molecule has 1 aliphatic carbocycles. The standard InChI is InChI=1S/C7H17N3O2S.ClH/c1-10(6-7-2-3-7)13(11,12)9-5-4-8;/h7,9H,2-6,8H2,1H3;1H. The van der Waals surface area contributed by atoms with Gasteiger partial charge < -0.3 is 5.73 Å². The van der Waals surface area contributed by atoms with Crippen LogP contribution in [0, 0.1) is 5.92 Å². The lowest BCUT2D eigenvalue weighted by atomic mass is 10.4. The molecule has 0 atom stereocenters. The van der Waals surface area contributed by atoms with Crippen molar-refractivity contribution in [2.75, 3.05) is 26.7 Å². The molecule has 0 bridgehead atoms. The molecular weight excluding hydrogens is 226 g/mol. The monoisotopic (exact) mass is 243 g/mol. The molecule has 0 spiro atoms. The summed E-state index contributed by atoms with van der Waals surface area (Å²) in [5.74, 6) is 0.569. The lowest BCUT2D eigenvalue weighted by molar-refractivity contribution is 0.443. The van der Waals surface area contributed by atoms with E-state index in [2.05, 4.69) is 4.72 Å². The number of hydrogen-bond acceptors (Lipinski definition) is 3. The summed E-state index contributed by atoms with van der Waals surface area (Å²) >= 11 is 0. The van der Waals surface area contributed by atoms with E-state index in [-0.39, 0.29) is 12.4 Å². The van der Waals surface area contributed by atoms with Crippen molar-refractivity contribution < 1.29 is 8.42 Å². The fourth-order valence-electron chi connectivity index (χ4n) is 1.06. The van der Waals surface area contributed by atoms with E-state index in [1.165, 1.54) is 4.31 Å². The molecule has 0 radical (unpaired) electrons. The first-order valence-corrected chi connectivity index (χ1v) is 5.91. The van der Waals surface area contributed by atoms with Gasteiger partial charge in [0.25, 0.3) is 10.2 Å². The van der Waals surface area contributed by atoms with Crippen LogP contribution in [0.5, 0.6) is 0 Å². The Labute approximate surface area is 91.6 Å². The van der Waals surface area contributed by atoms with Crippen LogP contribution in [0.2, 0.25) is 0 Å². The number of nitrogens with two attached hydrogens (primary N) is 1. The van der Waals surface area contributed by atoms with Crippen LogP contribution in [0.25, 0.3) is 0 Å². The second-order valence-electron chi connectivity index (χ2n) is 3.41. The molecule has 3 N–H and O–H groups in total. The predicted octanol–water partition coefficient (Wildman–Crippen LogP) is -0.457. The molecule has 0 amide bonds. The minimum atomic E-state index is -3.27. The van der Waals surface area contributed by atoms with E-state index in [0.717, 1.165) is 12.8 Å². The van der Waals surface area contributed by atoms with Gasteiger partial charge in [-0.15, -0.1) is 12.4 Å². The van der Waals surface area contributed by atoms with Crippen LogP contribution in [0.3, 0.4) is 0 Å². The first kappa shape index (κ1) is 14.1. The average Bonchev–Trinajstić information content (AvgIpc) is 2.84. The Bertz CT molecular complexity index is 254. The molecule has 0 unspecified atom stereocenters.